The van der Waals surface area contributed by atoms with Crippen LogP contribution in [0.3, 0.4) is 0 Å². The number of hydrogen-bond acceptors (Lipinski definition) is 5. The third kappa shape index (κ3) is 4.35. The maximum absolute atomic E-state index is 5.32. The second kappa shape index (κ2) is 6.87. The number of methoxy groups -OCH3 is 2. The molecule has 7 heteroatoms. The fourth-order valence-electron chi connectivity index (χ4n) is 1.87. The highest BCUT2D eigenvalue weighted by atomic mass is 32.1. The second-order valence-electron chi connectivity index (χ2n) is 5.97. The summed E-state index contributed by atoms with van der Waals surface area (Å²) in [6.45, 7) is 6.15. The number of thiocarbonyl (C=S) groups is 1. The molecule has 0 aliphatic heterocycles. The smallest absolute Gasteiger partial charge is 0.176 e. The molecule has 0 aliphatic rings. The molecule has 6 nitrogen and oxygen atoms in total. The number of anilines is 2. The molecule has 2 rings (SSSR count). The van der Waals surface area contributed by atoms with Crippen LogP contribution in [0, 0.1) is 0 Å². The molecule has 0 saturated carbocycles. The molecule has 2 aromatic rings. The van der Waals surface area contributed by atoms with Gasteiger partial charge in [-0.15, -0.1) is 0 Å². The maximum Gasteiger partial charge on any atom is 0.176 e. The summed E-state index contributed by atoms with van der Waals surface area (Å²) in [6.07, 6.45) is 0. The molecule has 1 heterocycles. The van der Waals surface area contributed by atoms with Gasteiger partial charge < -0.3 is 24.6 Å². The van der Waals surface area contributed by atoms with Crippen LogP contribution in [0.25, 0.3) is 0 Å². The predicted molar refractivity (Wildman–Crippen MR) is 94.6 cm³/mol. The van der Waals surface area contributed by atoms with Gasteiger partial charge in [0.25, 0.3) is 0 Å². The number of rotatable bonds is 4. The first-order chi connectivity index (χ1) is 10.8. The van der Waals surface area contributed by atoms with Gasteiger partial charge in [0.15, 0.2) is 10.9 Å². The molecule has 0 bridgehead atoms. The zero-order valence-electron chi connectivity index (χ0n) is 13.9. The minimum absolute atomic E-state index is 0.113. The van der Waals surface area contributed by atoms with Gasteiger partial charge in [0.1, 0.15) is 17.3 Å². The van der Waals surface area contributed by atoms with Crippen molar-refractivity contribution >= 4 is 28.8 Å². The molecule has 23 heavy (non-hydrogen) atoms. The van der Waals surface area contributed by atoms with Crippen LogP contribution in [0.2, 0.25) is 0 Å². The van der Waals surface area contributed by atoms with E-state index in [-0.39, 0.29) is 5.41 Å². The lowest BCUT2D eigenvalue weighted by Crippen LogP contribution is -2.19. The molecule has 1 aromatic carbocycles. The maximum atomic E-state index is 5.32. The second-order valence-corrected chi connectivity index (χ2v) is 6.38. The summed E-state index contributed by atoms with van der Waals surface area (Å²) in [7, 11) is 3.20. The van der Waals surface area contributed by atoms with E-state index in [9.17, 15) is 0 Å². The molecule has 0 amide bonds. The van der Waals surface area contributed by atoms with Gasteiger partial charge >= 0.3 is 0 Å². The molecule has 0 unspecified atom stereocenters. The number of nitrogens with zero attached hydrogens (tertiary/aromatic N) is 1. The quantitative estimate of drug-likeness (QED) is 0.824. The van der Waals surface area contributed by atoms with Crippen molar-refractivity contribution in [3.05, 3.63) is 30.0 Å². The highest BCUT2D eigenvalue weighted by Crippen LogP contribution is 2.29. The van der Waals surface area contributed by atoms with E-state index in [4.69, 9.17) is 26.2 Å². The van der Waals surface area contributed by atoms with Crippen LogP contribution in [-0.2, 0) is 5.41 Å². The Morgan fingerprint density at radius 1 is 1.13 bits per heavy atom. The zero-order chi connectivity index (χ0) is 17.0. The van der Waals surface area contributed by atoms with Crippen LogP contribution in [0.1, 0.15) is 26.5 Å². The van der Waals surface area contributed by atoms with Crippen molar-refractivity contribution in [1.29, 1.82) is 0 Å². The Morgan fingerprint density at radius 3 is 2.43 bits per heavy atom. The third-order valence-corrected chi connectivity index (χ3v) is 3.35. The average Bonchev–Trinajstić information content (AvgIpc) is 2.95. The molecule has 0 atom stereocenters. The van der Waals surface area contributed by atoms with E-state index in [1.54, 1.807) is 26.4 Å². The molecule has 0 fully saturated rings. The summed E-state index contributed by atoms with van der Waals surface area (Å²) < 4.78 is 15.8. The van der Waals surface area contributed by atoms with E-state index < -0.39 is 0 Å². The van der Waals surface area contributed by atoms with E-state index >= 15 is 0 Å². The Morgan fingerprint density at radius 2 is 1.87 bits per heavy atom. The van der Waals surface area contributed by atoms with E-state index in [0.717, 1.165) is 5.76 Å². The van der Waals surface area contributed by atoms with Gasteiger partial charge in [0, 0.05) is 17.5 Å². The van der Waals surface area contributed by atoms with Crippen molar-refractivity contribution in [3.63, 3.8) is 0 Å². The van der Waals surface area contributed by atoms with Gasteiger partial charge in [-0.25, -0.2) is 0 Å². The Labute approximate surface area is 141 Å². The molecule has 2 N–H and O–H groups in total. The minimum atomic E-state index is -0.113. The standard InChI is InChI=1S/C16H21N3O3S/c1-16(2,3)13-9-14(19-22-13)18-15(23)17-11-8-10(20-4)6-7-12(11)21-5/h6-9H,1-5H3,(H2,17,18,19,23). The van der Waals surface area contributed by atoms with Crippen LogP contribution in [0.4, 0.5) is 11.5 Å². The summed E-state index contributed by atoms with van der Waals surface area (Å²) in [4.78, 5) is 0. The summed E-state index contributed by atoms with van der Waals surface area (Å²) in [5.41, 5.74) is 0.585. The average molecular weight is 335 g/mol. The minimum Gasteiger partial charge on any atom is -0.497 e. The lowest BCUT2D eigenvalue weighted by atomic mass is 9.93. The highest BCUT2D eigenvalue weighted by molar-refractivity contribution is 7.80. The van der Waals surface area contributed by atoms with Gasteiger partial charge in [0.2, 0.25) is 0 Å². The molecular weight excluding hydrogens is 314 g/mol. The topological polar surface area (TPSA) is 68.6 Å². The first kappa shape index (κ1) is 17.1. The highest BCUT2D eigenvalue weighted by Gasteiger charge is 2.20. The summed E-state index contributed by atoms with van der Waals surface area (Å²) in [6, 6.07) is 7.25. The summed E-state index contributed by atoms with van der Waals surface area (Å²) in [5.74, 6) is 2.69. The van der Waals surface area contributed by atoms with Crippen molar-refractivity contribution in [1.82, 2.24) is 5.16 Å². The molecule has 0 saturated heterocycles. The lowest BCUT2D eigenvalue weighted by molar-refractivity contribution is 0.331. The normalized spacial score (nSPS) is 11.0. The van der Waals surface area contributed by atoms with E-state index in [2.05, 4.69) is 36.6 Å². The van der Waals surface area contributed by atoms with Crippen LogP contribution in [0.5, 0.6) is 11.5 Å². The first-order valence-electron chi connectivity index (χ1n) is 7.10. The lowest BCUT2D eigenvalue weighted by Gasteiger charge is -2.13. The van der Waals surface area contributed by atoms with E-state index in [0.29, 0.717) is 28.1 Å². The van der Waals surface area contributed by atoms with E-state index in [1.807, 2.05) is 12.1 Å². The molecule has 0 spiro atoms. The number of benzene rings is 1. The third-order valence-electron chi connectivity index (χ3n) is 3.15. The fraction of sp³-hybridized carbons (Fsp3) is 0.375. The van der Waals surface area contributed by atoms with Crippen LogP contribution < -0.4 is 20.1 Å². The van der Waals surface area contributed by atoms with Crippen LogP contribution in [-0.4, -0.2) is 24.5 Å². The van der Waals surface area contributed by atoms with Crippen molar-refractivity contribution in [2.45, 2.75) is 26.2 Å². The van der Waals surface area contributed by atoms with Gasteiger partial charge in [-0.05, 0) is 24.4 Å². The van der Waals surface area contributed by atoms with Crippen molar-refractivity contribution in [3.8, 4) is 11.5 Å². The Hall–Kier alpha value is -2.28. The van der Waals surface area contributed by atoms with Crippen molar-refractivity contribution < 1.29 is 14.0 Å². The van der Waals surface area contributed by atoms with Gasteiger partial charge in [-0.3, -0.25) is 0 Å². The SMILES string of the molecule is COc1ccc(OC)c(NC(=S)Nc2cc(C(C)(C)C)on2)c1. The van der Waals surface area contributed by atoms with Crippen LogP contribution >= 0.6 is 12.2 Å². The zero-order valence-corrected chi connectivity index (χ0v) is 14.7. The van der Waals surface area contributed by atoms with Crippen molar-refractivity contribution in [2.75, 3.05) is 24.9 Å². The first-order valence-corrected chi connectivity index (χ1v) is 7.51. The Balaban J connectivity index is 2.09. The predicted octanol–water partition coefficient (Wildman–Crippen LogP) is 3.80. The molecular formula is C16H21N3O3S. The van der Waals surface area contributed by atoms with Crippen molar-refractivity contribution in [2.24, 2.45) is 0 Å². The van der Waals surface area contributed by atoms with E-state index in [1.165, 1.54) is 0 Å². The molecule has 0 radical (unpaired) electrons. The Bertz CT molecular complexity index is 692. The summed E-state index contributed by atoms with van der Waals surface area (Å²) in [5, 5.41) is 10.4. The molecule has 124 valence electrons. The fourth-order valence-corrected chi connectivity index (χ4v) is 2.08. The molecule has 1 aromatic heterocycles. The van der Waals surface area contributed by atoms with Gasteiger partial charge in [-0.2, -0.15) is 0 Å². The van der Waals surface area contributed by atoms with Crippen LogP contribution in [0.15, 0.2) is 28.8 Å². The number of ether oxygens (including phenoxy) is 2. The van der Waals surface area contributed by atoms with Gasteiger partial charge in [-0.1, -0.05) is 25.9 Å². The summed E-state index contributed by atoms with van der Waals surface area (Å²) >= 11 is 5.31. The number of aromatic nitrogens is 1. The monoisotopic (exact) mass is 335 g/mol. The number of hydrogen-bond donors (Lipinski definition) is 2. The Kier molecular flexibility index (Phi) is 5.10. The number of nitrogens with one attached hydrogen (secondary N) is 2. The van der Waals surface area contributed by atoms with Gasteiger partial charge in [0.05, 0.1) is 19.9 Å². The molecule has 0 aliphatic carbocycles. The largest absolute Gasteiger partial charge is 0.497 e.